The number of aliphatic hydroxyl groups excluding tert-OH is 1. The molecule has 0 aliphatic heterocycles. The number of rotatable bonds is 6. The Kier molecular flexibility index (Phi) is 5.14. The Labute approximate surface area is 137 Å². The number of non-ortho nitro benzene ring substituents is 1. The van der Waals surface area contributed by atoms with Crippen LogP contribution in [0.25, 0.3) is 10.9 Å². The third-order valence-electron chi connectivity index (χ3n) is 3.62. The van der Waals surface area contributed by atoms with Crippen molar-refractivity contribution in [3.05, 3.63) is 44.7 Å². The lowest BCUT2D eigenvalue weighted by atomic mass is 10.1. The van der Waals surface area contributed by atoms with Gasteiger partial charge in [-0.2, -0.15) is 0 Å². The van der Waals surface area contributed by atoms with Gasteiger partial charge in [0.05, 0.1) is 17.0 Å². The van der Waals surface area contributed by atoms with E-state index in [0.717, 1.165) is 0 Å². The van der Waals surface area contributed by atoms with Crippen LogP contribution in [0.1, 0.15) is 6.92 Å². The summed E-state index contributed by atoms with van der Waals surface area (Å²) in [6.45, 7) is 1.53. The van der Waals surface area contributed by atoms with Gasteiger partial charge in [0, 0.05) is 42.9 Å². The molecule has 24 heavy (non-hydrogen) atoms. The van der Waals surface area contributed by atoms with Crippen molar-refractivity contribution < 1.29 is 14.8 Å². The maximum Gasteiger partial charge on any atom is 0.270 e. The summed E-state index contributed by atoms with van der Waals surface area (Å²) in [6.07, 6.45) is 0. The van der Waals surface area contributed by atoms with Crippen molar-refractivity contribution in [2.75, 3.05) is 18.5 Å². The van der Waals surface area contributed by atoms with Crippen LogP contribution in [0.5, 0.6) is 0 Å². The summed E-state index contributed by atoms with van der Waals surface area (Å²) in [5, 5.41) is 25.6. The van der Waals surface area contributed by atoms with Gasteiger partial charge in [-0.05, 0) is 13.0 Å². The molecule has 9 nitrogen and oxygen atoms in total. The number of anilines is 1. The van der Waals surface area contributed by atoms with Crippen molar-refractivity contribution in [3.8, 4) is 0 Å². The first kappa shape index (κ1) is 17.4. The molecule has 2 rings (SSSR count). The number of hydrogen-bond donors (Lipinski definition) is 3. The highest BCUT2D eigenvalue weighted by atomic mass is 16.6. The Morgan fingerprint density at radius 1 is 1.42 bits per heavy atom. The number of aliphatic hydroxyl groups is 1. The average Bonchev–Trinajstić information content (AvgIpc) is 2.56. The number of nitrogens with zero attached hydrogens (tertiary/aromatic N) is 2. The fourth-order valence-electron chi connectivity index (χ4n) is 2.31. The number of benzene rings is 1. The van der Waals surface area contributed by atoms with E-state index in [1.165, 1.54) is 28.8 Å². The van der Waals surface area contributed by atoms with Gasteiger partial charge in [0.15, 0.2) is 0 Å². The van der Waals surface area contributed by atoms with Crippen LogP contribution < -0.4 is 16.2 Å². The van der Waals surface area contributed by atoms with Crippen LogP contribution in [0.15, 0.2) is 29.1 Å². The average molecular weight is 334 g/mol. The second kappa shape index (κ2) is 7.09. The molecule has 0 bridgehead atoms. The lowest BCUT2D eigenvalue weighted by Gasteiger charge is -2.17. The molecular formula is C15H18N4O5. The number of hydrogen-bond acceptors (Lipinski definition) is 6. The van der Waals surface area contributed by atoms with Gasteiger partial charge in [-0.15, -0.1) is 0 Å². The number of fused-ring (bicyclic) bond motifs is 1. The highest BCUT2D eigenvalue weighted by Crippen LogP contribution is 2.26. The summed E-state index contributed by atoms with van der Waals surface area (Å²) in [5.74, 6) is -0.358. The van der Waals surface area contributed by atoms with Gasteiger partial charge in [0.2, 0.25) is 5.91 Å². The minimum absolute atomic E-state index is 0.110. The van der Waals surface area contributed by atoms with Crippen molar-refractivity contribution in [1.29, 1.82) is 0 Å². The molecule has 3 N–H and O–H groups in total. The minimum atomic E-state index is -0.689. The molecule has 2 aromatic rings. The van der Waals surface area contributed by atoms with Crippen LogP contribution in [0.3, 0.4) is 0 Å². The van der Waals surface area contributed by atoms with Crippen LogP contribution in [-0.4, -0.2) is 39.7 Å². The first-order chi connectivity index (χ1) is 11.3. The van der Waals surface area contributed by atoms with Gasteiger partial charge in [0.1, 0.15) is 6.04 Å². The zero-order valence-corrected chi connectivity index (χ0v) is 13.3. The largest absolute Gasteiger partial charge is 0.395 e. The first-order valence-electron chi connectivity index (χ1n) is 7.28. The predicted octanol–water partition coefficient (Wildman–Crippen LogP) is 0.356. The molecule has 1 aromatic carbocycles. The Morgan fingerprint density at radius 3 is 2.75 bits per heavy atom. The first-order valence-corrected chi connectivity index (χ1v) is 7.28. The topological polar surface area (TPSA) is 127 Å². The molecule has 1 amide bonds. The van der Waals surface area contributed by atoms with Crippen molar-refractivity contribution in [2.24, 2.45) is 7.05 Å². The van der Waals surface area contributed by atoms with Gasteiger partial charge < -0.3 is 20.3 Å². The molecule has 0 saturated heterocycles. The van der Waals surface area contributed by atoms with E-state index in [1.807, 2.05) is 0 Å². The molecule has 0 radical (unpaired) electrons. The van der Waals surface area contributed by atoms with Crippen LogP contribution in [0.2, 0.25) is 0 Å². The number of carbonyl (C=O) groups excluding carboxylic acids is 1. The van der Waals surface area contributed by atoms with Gasteiger partial charge in [-0.25, -0.2) is 0 Å². The second-order valence-corrected chi connectivity index (χ2v) is 5.29. The molecule has 1 aromatic heterocycles. The van der Waals surface area contributed by atoms with Gasteiger partial charge in [-0.3, -0.25) is 19.7 Å². The standard InChI is InChI=1S/C15H18N4O5/c1-9(15(22)16-5-6-20)17-12-8-14(21)18(2)13-4-3-10(19(23)24)7-11(12)13/h3-4,7-9,17,20H,5-6H2,1-2H3,(H,16,22). The van der Waals surface area contributed by atoms with Crippen LogP contribution in [0, 0.1) is 10.1 Å². The molecule has 0 saturated carbocycles. The number of amides is 1. The molecule has 128 valence electrons. The maximum atomic E-state index is 12.1. The van der Waals surface area contributed by atoms with Gasteiger partial charge in [0.25, 0.3) is 11.2 Å². The third-order valence-corrected chi connectivity index (χ3v) is 3.62. The second-order valence-electron chi connectivity index (χ2n) is 5.29. The zero-order valence-electron chi connectivity index (χ0n) is 13.3. The van der Waals surface area contributed by atoms with E-state index in [4.69, 9.17) is 5.11 Å². The van der Waals surface area contributed by atoms with E-state index in [9.17, 15) is 19.7 Å². The van der Waals surface area contributed by atoms with Crippen molar-refractivity contribution >= 4 is 28.2 Å². The fraction of sp³-hybridized carbons (Fsp3) is 0.333. The Hall–Kier alpha value is -2.94. The summed E-state index contributed by atoms with van der Waals surface area (Å²) >= 11 is 0. The molecule has 1 atom stereocenters. The van der Waals surface area contributed by atoms with Gasteiger partial charge in [-0.1, -0.05) is 0 Å². The summed E-state index contributed by atoms with van der Waals surface area (Å²) < 4.78 is 1.38. The number of nitrogens with one attached hydrogen (secondary N) is 2. The van der Waals surface area contributed by atoms with Crippen molar-refractivity contribution in [2.45, 2.75) is 13.0 Å². The Bertz CT molecular complexity index is 846. The zero-order chi connectivity index (χ0) is 17.9. The van der Waals surface area contributed by atoms with E-state index < -0.39 is 11.0 Å². The van der Waals surface area contributed by atoms with E-state index in [1.54, 1.807) is 14.0 Å². The molecule has 0 aliphatic rings. The summed E-state index contributed by atoms with van der Waals surface area (Å²) in [4.78, 5) is 34.4. The highest BCUT2D eigenvalue weighted by molar-refractivity contribution is 5.95. The van der Waals surface area contributed by atoms with Crippen LogP contribution in [0.4, 0.5) is 11.4 Å². The van der Waals surface area contributed by atoms with E-state index in [2.05, 4.69) is 10.6 Å². The predicted molar refractivity (Wildman–Crippen MR) is 89.0 cm³/mol. The normalized spacial score (nSPS) is 12.0. The quantitative estimate of drug-likeness (QED) is 0.517. The minimum Gasteiger partial charge on any atom is -0.395 e. The number of aromatic nitrogens is 1. The summed E-state index contributed by atoms with van der Waals surface area (Å²) in [6, 6.07) is 4.78. The van der Waals surface area contributed by atoms with Crippen LogP contribution in [-0.2, 0) is 11.8 Å². The molecule has 9 heteroatoms. The Balaban J connectivity index is 2.46. The van der Waals surface area contributed by atoms with Gasteiger partial charge >= 0.3 is 0 Å². The number of nitro groups is 1. The van der Waals surface area contributed by atoms with Crippen LogP contribution >= 0.6 is 0 Å². The maximum absolute atomic E-state index is 12.1. The number of carbonyl (C=O) groups is 1. The van der Waals surface area contributed by atoms with E-state index >= 15 is 0 Å². The molecule has 0 fully saturated rings. The lowest BCUT2D eigenvalue weighted by Crippen LogP contribution is -2.39. The monoisotopic (exact) mass is 334 g/mol. The van der Waals surface area contributed by atoms with Crippen molar-refractivity contribution in [3.63, 3.8) is 0 Å². The van der Waals surface area contributed by atoms with Crippen molar-refractivity contribution in [1.82, 2.24) is 9.88 Å². The Morgan fingerprint density at radius 2 is 2.12 bits per heavy atom. The summed E-state index contributed by atoms with van der Waals surface area (Å²) in [5.41, 5.74) is 0.436. The third kappa shape index (κ3) is 3.51. The number of pyridine rings is 1. The number of aryl methyl sites for hydroxylation is 1. The molecule has 0 spiro atoms. The van der Waals surface area contributed by atoms with E-state index in [-0.39, 0.29) is 30.3 Å². The highest BCUT2D eigenvalue weighted by Gasteiger charge is 2.16. The molecule has 0 aliphatic carbocycles. The lowest BCUT2D eigenvalue weighted by molar-refractivity contribution is -0.384. The fourth-order valence-corrected chi connectivity index (χ4v) is 2.31. The SMILES string of the molecule is CC(Nc1cc(=O)n(C)c2ccc([N+](=O)[O-])cc12)C(=O)NCCO. The number of nitro benzene ring substituents is 1. The molecule has 1 unspecified atom stereocenters. The summed E-state index contributed by atoms with van der Waals surface area (Å²) in [7, 11) is 1.57. The van der Waals surface area contributed by atoms with E-state index in [0.29, 0.717) is 16.6 Å². The molecule has 1 heterocycles. The molecular weight excluding hydrogens is 316 g/mol. The smallest absolute Gasteiger partial charge is 0.270 e.